The maximum atomic E-state index is 12.1. The SMILES string of the molecule is C/C=C(\C)C(=O)N1CCCC1C(C)CC. The van der Waals surface area contributed by atoms with Crippen LogP contribution in [0.2, 0.25) is 0 Å². The highest BCUT2D eigenvalue weighted by molar-refractivity contribution is 5.93. The molecular weight excluding hydrogens is 186 g/mol. The smallest absolute Gasteiger partial charge is 0.249 e. The van der Waals surface area contributed by atoms with Crippen molar-refractivity contribution in [3.8, 4) is 0 Å². The lowest BCUT2D eigenvalue weighted by Gasteiger charge is -2.29. The third-order valence-electron chi connectivity index (χ3n) is 3.63. The van der Waals surface area contributed by atoms with Gasteiger partial charge in [-0.05, 0) is 32.6 Å². The standard InChI is InChI=1S/C13H23NO/c1-5-10(3)12-8-7-9-14(12)13(15)11(4)6-2/h6,10,12H,5,7-9H2,1-4H3/b11-6+. The molecule has 1 fully saturated rings. The van der Waals surface area contributed by atoms with E-state index in [-0.39, 0.29) is 5.91 Å². The van der Waals surface area contributed by atoms with Crippen molar-refractivity contribution in [3.63, 3.8) is 0 Å². The molecule has 0 aromatic rings. The Balaban J connectivity index is 2.72. The molecule has 0 bridgehead atoms. The summed E-state index contributed by atoms with van der Waals surface area (Å²) in [6.45, 7) is 9.24. The average molecular weight is 209 g/mol. The number of amides is 1. The lowest BCUT2D eigenvalue weighted by Crippen LogP contribution is -2.39. The first-order valence-corrected chi connectivity index (χ1v) is 6.05. The number of hydrogen-bond acceptors (Lipinski definition) is 1. The fraction of sp³-hybridized carbons (Fsp3) is 0.769. The summed E-state index contributed by atoms with van der Waals surface area (Å²) in [5, 5.41) is 0. The van der Waals surface area contributed by atoms with Crippen molar-refractivity contribution in [2.45, 2.75) is 53.0 Å². The van der Waals surface area contributed by atoms with Gasteiger partial charge in [-0.3, -0.25) is 4.79 Å². The first-order valence-electron chi connectivity index (χ1n) is 6.05. The largest absolute Gasteiger partial charge is 0.336 e. The molecule has 0 aromatic heterocycles. The number of likely N-dealkylation sites (tertiary alicyclic amines) is 1. The maximum Gasteiger partial charge on any atom is 0.249 e. The van der Waals surface area contributed by atoms with Gasteiger partial charge in [0.05, 0.1) is 0 Å². The minimum atomic E-state index is 0.236. The van der Waals surface area contributed by atoms with E-state index >= 15 is 0 Å². The second kappa shape index (κ2) is 5.34. The maximum absolute atomic E-state index is 12.1. The second-order valence-corrected chi connectivity index (χ2v) is 4.57. The molecule has 2 heteroatoms. The predicted octanol–water partition coefficient (Wildman–Crippen LogP) is 2.99. The van der Waals surface area contributed by atoms with Crippen molar-refractivity contribution in [2.24, 2.45) is 5.92 Å². The van der Waals surface area contributed by atoms with Crippen LogP contribution in [0.5, 0.6) is 0 Å². The van der Waals surface area contributed by atoms with E-state index in [1.807, 2.05) is 19.9 Å². The normalized spacial score (nSPS) is 24.4. The number of carbonyl (C=O) groups excluding carboxylic acids is 1. The van der Waals surface area contributed by atoms with Gasteiger partial charge in [0.2, 0.25) is 5.91 Å². The molecule has 0 aliphatic carbocycles. The van der Waals surface area contributed by atoms with E-state index < -0.39 is 0 Å². The zero-order valence-corrected chi connectivity index (χ0v) is 10.4. The van der Waals surface area contributed by atoms with Crippen LogP contribution in [-0.4, -0.2) is 23.4 Å². The van der Waals surface area contributed by atoms with Crippen molar-refractivity contribution in [2.75, 3.05) is 6.54 Å². The molecule has 1 aliphatic rings. The summed E-state index contributed by atoms with van der Waals surface area (Å²) < 4.78 is 0. The van der Waals surface area contributed by atoms with E-state index in [1.54, 1.807) is 0 Å². The third kappa shape index (κ3) is 2.61. The Hall–Kier alpha value is -0.790. The molecule has 2 unspecified atom stereocenters. The number of allylic oxidation sites excluding steroid dienone is 1. The number of nitrogens with zero attached hydrogens (tertiary/aromatic N) is 1. The molecule has 1 amide bonds. The topological polar surface area (TPSA) is 20.3 Å². The van der Waals surface area contributed by atoms with Crippen LogP contribution < -0.4 is 0 Å². The molecule has 0 aromatic carbocycles. The average Bonchev–Trinajstić information content (AvgIpc) is 2.74. The van der Waals surface area contributed by atoms with Gasteiger partial charge < -0.3 is 4.90 Å². The van der Waals surface area contributed by atoms with Gasteiger partial charge in [0.1, 0.15) is 0 Å². The Bertz CT molecular complexity index is 257. The Morgan fingerprint density at radius 1 is 1.60 bits per heavy atom. The summed E-state index contributed by atoms with van der Waals surface area (Å²) >= 11 is 0. The summed E-state index contributed by atoms with van der Waals surface area (Å²) in [6.07, 6.45) is 5.41. The summed E-state index contributed by atoms with van der Waals surface area (Å²) in [7, 11) is 0. The van der Waals surface area contributed by atoms with E-state index in [2.05, 4.69) is 18.7 Å². The van der Waals surface area contributed by atoms with Crippen molar-refractivity contribution in [3.05, 3.63) is 11.6 Å². The van der Waals surface area contributed by atoms with Gasteiger partial charge in [-0.1, -0.05) is 26.3 Å². The molecule has 1 aliphatic heterocycles. The van der Waals surface area contributed by atoms with Gasteiger partial charge in [0, 0.05) is 18.2 Å². The van der Waals surface area contributed by atoms with Crippen LogP contribution in [0, 0.1) is 5.92 Å². The van der Waals surface area contributed by atoms with Gasteiger partial charge in [-0.15, -0.1) is 0 Å². The molecule has 1 rings (SSSR count). The molecule has 15 heavy (non-hydrogen) atoms. The van der Waals surface area contributed by atoms with Crippen LogP contribution in [0.1, 0.15) is 47.0 Å². The van der Waals surface area contributed by atoms with E-state index in [0.717, 1.165) is 25.0 Å². The zero-order chi connectivity index (χ0) is 11.4. The first-order chi connectivity index (χ1) is 7.11. The molecule has 0 spiro atoms. The number of carbonyl (C=O) groups is 1. The van der Waals surface area contributed by atoms with E-state index in [9.17, 15) is 4.79 Å². The van der Waals surface area contributed by atoms with E-state index in [0.29, 0.717) is 12.0 Å². The first kappa shape index (κ1) is 12.3. The summed E-state index contributed by atoms with van der Waals surface area (Å²) in [6, 6.07) is 0.470. The monoisotopic (exact) mass is 209 g/mol. The lowest BCUT2D eigenvalue weighted by molar-refractivity contribution is -0.128. The van der Waals surface area contributed by atoms with Gasteiger partial charge in [-0.25, -0.2) is 0 Å². The number of rotatable bonds is 3. The van der Waals surface area contributed by atoms with Gasteiger partial charge in [-0.2, -0.15) is 0 Å². The molecule has 0 radical (unpaired) electrons. The summed E-state index contributed by atoms with van der Waals surface area (Å²) in [5.74, 6) is 0.862. The predicted molar refractivity (Wildman–Crippen MR) is 63.6 cm³/mol. The molecule has 2 nitrogen and oxygen atoms in total. The lowest BCUT2D eigenvalue weighted by atomic mass is 9.97. The Morgan fingerprint density at radius 3 is 2.80 bits per heavy atom. The van der Waals surface area contributed by atoms with Gasteiger partial charge >= 0.3 is 0 Å². The van der Waals surface area contributed by atoms with Crippen LogP contribution in [0.15, 0.2) is 11.6 Å². The van der Waals surface area contributed by atoms with E-state index in [4.69, 9.17) is 0 Å². The molecule has 0 N–H and O–H groups in total. The molecule has 86 valence electrons. The third-order valence-corrected chi connectivity index (χ3v) is 3.63. The van der Waals surface area contributed by atoms with Crippen LogP contribution in [0.25, 0.3) is 0 Å². The fourth-order valence-electron chi connectivity index (χ4n) is 2.26. The van der Waals surface area contributed by atoms with Crippen molar-refractivity contribution in [1.82, 2.24) is 4.90 Å². The second-order valence-electron chi connectivity index (χ2n) is 4.57. The van der Waals surface area contributed by atoms with Crippen LogP contribution >= 0.6 is 0 Å². The zero-order valence-electron chi connectivity index (χ0n) is 10.4. The quantitative estimate of drug-likeness (QED) is 0.654. The number of hydrogen-bond donors (Lipinski definition) is 0. The van der Waals surface area contributed by atoms with Gasteiger partial charge in [0.25, 0.3) is 0 Å². The molecule has 1 heterocycles. The van der Waals surface area contributed by atoms with Crippen LogP contribution in [0.4, 0.5) is 0 Å². The summed E-state index contributed by atoms with van der Waals surface area (Å²) in [4.78, 5) is 14.1. The Kier molecular flexibility index (Phi) is 4.37. The summed E-state index contributed by atoms with van der Waals surface area (Å²) in [5.41, 5.74) is 0.880. The van der Waals surface area contributed by atoms with Crippen molar-refractivity contribution in [1.29, 1.82) is 0 Å². The molecular formula is C13H23NO. The highest BCUT2D eigenvalue weighted by atomic mass is 16.2. The molecule has 2 atom stereocenters. The van der Waals surface area contributed by atoms with E-state index in [1.165, 1.54) is 6.42 Å². The van der Waals surface area contributed by atoms with Crippen molar-refractivity contribution < 1.29 is 4.79 Å². The minimum absolute atomic E-state index is 0.236. The highest BCUT2D eigenvalue weighted by Crippen LogP contribution is 2.27. The Labute approximate surface area is 93.3 Å². The minimum Gasteiger partial charge on any atom is -0.336 e. The molecule has 1 saturated heterocycles. The fourth-order valence-corrected chi connectivity index (χ4v) is 2.26. The molecule has 0 saturated carbocycles. The Morgan fingerprint density at radius 2 is 2.27 bits per heavy atom. The highest BCUT2D eigenvalue weighted by Gasteiger charge is 2.31. The van der Waals surface area contributed by atoms with Gasteiger partial charge in [0.15, 0.2) is 0 Å². The van der Waals surface area contributed by atoms with Crippen molar-refractivity contribution >= 4 is 5.91 Å². The van der Waals surface area contributed by atoms with Crippen LogP contribution in [0.3, 0.4) is 0 Å². The van der Waals surface area contributed by atoms with Crippen LogP contribution in [-0.2, 0) is 4.79 Å².